The second kappa shape index (κ2) is 8.70. The number of carbonyl (C=O) groups is 2. The Morgan fingerprint density at radius 1 is 1.00 bits per heavy atom. The fraction of sp³-hybridized carbons (Fsp3) is 0.300. The number of carbonyl (C=O) groups excluding carboxylic acids is 2. The van der Waals surface area contributed by atoms with E-state index >= 15 is 0 Å². The second-order valence-electron chi connectivity index (χ2n) is 6.44. The molecule has 0 atom stereocenters. The molecule has 0 radical (unpaired) electrons. The number of amides is 2. The van der Waals surface area contributed by atoms with Gasteiger partial charge in [-0.05, 0) is 35.7 Å². The quantitative estimate of drug-likeness (QED) is 0.747. The highest BCUT2D eigenvalue weighted by atomic mass is 19.2. The van der Waals surface area contributed by atoms with E-state index in [9.17, 15) is 22.8 Å². The largest absolute Gasteiger partial charge is 0.326 e. The summed E-state index contributed by atoms with van der Waals surface area (Å²) in [7, 11) is 0. The van der Waals surface area contributed by atoms with Gasteiger partial charge < -0.3 is 10.2 Å². The van der Waals surface area contributed by atoms with E-state index < -0.39 is 29.0 Å². The Kier molecular flexibility index (Phi) is 6.60. The first-order valence-electron chi connectivity index (χ1n) is 8.52. The van der Waals surface area contributed by atoms with Crippen LogP contribution in [-0.2, 0) is 9.59 Å². The van der Waals surface area contributed by atoms with Gasteiger partial charge in [-0.15, -0.1) is 0 Å². The van der Waals surface area contributed by atoms with E-state index in [1.165, 1.54) is 0 Å². The predicted molar refractivity (Wildman–Crippen MR) is 98.1 cm³/mol. The number of nitrogens with zero attached hydrogens (tertiary/aromatic N) is 1. The van der Waals surface area contributed by atoms with Gasteiger partial charge in [-0.3, -0.25) is 9.59 Å². The molecule has 0 spiro atoms. The van der Waals surface area contributed by atoms with E-state index in [-0.39, 0.29) is 18.9 Å². The van der Waals surface area contributed by atoms with Gasteiger partial charge in [0.05, 0.1) is 5.69 Å². The van der Waals surface area contributed by atoms with E-state index in [0.717, 1.165) is 29.5 Å². The van der Waals surface area contributed by atoms with Crippen molar-refractivity contribution in [1.82, 2.24) is 0 Å². The average Bonchev–Trinajstić information content (AvgIpc) is 2.61. The van der Waals surface area contributed by atoms with Crippen LogP contribution in [0, 0.1) is 17.5 Å². The van der Waals surface area contributed by atoms with Crippen LogP contribution in [0.15, 0.2) is 36.4 Å². The minimum Gasteiger partial charge on any atom is -0.326 e. The van der Waals surface area contributed by atoms with Crippen LogP contribution in [-0.4, -0.2) is 18.4 Å². The number of hydrogen-bond donors (Lipinski definition) is 1. The summed E-state index contributed by atoms with van der Waals surface area (Å²) >= 11 is 0. The summed E-state index contributed by atoms with van der Waals surface area (Å²) in [5.74, 6) is -5.08. The number of hydrogen-bond acceptors (Lipinski definition) is 2. The maximum Gasteiger partial charge on any atom is 0.226 e. The summed E-state index contributed by atoms with van der Waals surface area (Å²) in [6.45, 7) is 5.10. The highest BCUT2D eigenvalue weighted by molar-refractivity contribution is 5.94. The number of halogens is 3. The van der Waals surface area contributed by atoms with Gasteiger partial charge in [0.2, 0.25) is 11.8 Å². The number of nitrogens with one attached hydrogen (secondary N) is 1. The maximum atomic E-state index is 13.9. The standard InChI is InChI=1S/C20H21F3N2O2/c1-12(2)14-4-6-15(7-5-14)24-18(27)10-11-25(13(3)26)17-9-8-16(21)19(22)20(17)23/h4-9,12H,10-11H2,1-3H3,(H,24,27). The first kappa shape index (κ1) is 20.5. The molecule has 0 bridgehead atoms. The zero-order valence-electron chi connectivity index (χ0n) is 15.4. The molecular weight excluding hydrogens is 357 g/mol. The van der Waals surface area contributed by atoms with Crippen LogP contribution in [0.25, 0.3) is 0 Å². The van der Waals surface area contributed by atoms with Crippen LogP contribution in [0.3, 0.4) is 0 Å². The van der Waals surface area contributed by atoms with E-state index in [1.807, 2.05) is 12.1 Å². The second-order valence-corrected chi connectivity index (χ2v) is 6.44. The Hall–Kier alpha value is -2.83. The molecule has 2 aromatic carbocycles. The van der Waals surface area contributed by atoms with Crippen molar-refractivity contribution in [2.75, 3.05) is 16.8 Å². The van der Waals surface area contributed by atoms with Crippen LogP contribution >= 0.6 is 0 Å². The van der Waals surface area contributed by atoms with Crippen LogP contribution in [0.1, 0.15) is 38.7 Å². The lowest BCUT2D eigenvalue weighted by atomic mass is 10.0. The third-order valence-corrected chi connectivity index (χ3v) is 4.11. The molecule has 0 aliphatic heterocycles. The summed E-state index contributed by atoms with van der Waals surface area (Å²) in [6, 6.07) is 9.05. The molecule has 0 fully saturated rings. The van der Waals surface area contributed by atoms with Crippen molar-refractivity contribution in [2.45, 2.75) is 33.1 Å². The van der Waals surface area contributed by atoms with E-state index in [4.69, 9.17) is 0 Å². The molecule has 144 valence electrons. The van der Waals surface area contributed by atoms with Crippen molar-refractivity contribution in [3.05, 3.63) is 59.4 Å². The molecule has 0 aliphatic rings. The maximum absolute atomic E-state index is 13.9. The summed E-state index contributed by atoms with van der Waals surface area (Å²) < 4.78 is 40.4. The Bertz CT molecular complexity index is 836. The average molecular weight is 378 g/mol. The zero-order valence-corrected chi connectivity index (χ0v) is 15.4. The molecule has 2 amide bonds. The summed E-state index contributed by atoms with van der Waals surface area (Å²) in [6.07, 6.45) is -0.135. The molecule has 7 heteroatoms. The molecule has 0 aromatic heterocycles. The fourth-order valence-corrected chi connectivity index (χ4v) is 2.56. The number of benzene rings is 2. The monoisotopic (exact) mass is 378 g/mol. The number of anilines is 2. The Labute approximate surface area is 156 Å². The van der Waals surface area contributed by atoms with Crippen molar-refractivity contribution >= 4 is 23.2 Å². The van der Waals surface area contributed by atoms with Crippen molar-refractivity contribution in [1.29, 1.82) is 0 Å². The summed E-state index contributed by atoms with van der Waals surface area (Å²) in [4.78, 5) is 24.8. The normalized spacial score (nSPS) is 10.8. The van der Waals surface area contributed by atoms with Gasteiger partial charge >= 0.3 is 0 Å². The van der Waals surface area contributed by atoms with Crippen LogP contribution in [0.2, 0.25) is 0 Å². The molecule has 0 saturated heterocycles. The molecule has 0 heterocycles. The molecule has 2 rings (SSSR count). The van der Waals surface area contributed by atoms with Crippen molar-refractivity contribution in [2.24, 2.45) is 0 Å². The van der Waals surface area contributed by atoms with Gasteiger partial charge in [0.25, 0.3) is 0 Å². The van der Waals surface area contributed by atoms with Gasteiger partial charge in [0.15, 0.2) is 17.5 Å². The van der Waals surface area contributed by atoms with Crippen LogP contribution in [0.4, 0.5) is 24.5 Å². The Morgan fingerprint density at radius 3 is 2.19 bits per heavy atom. The first-order valence-corrected chi connectivity index (χ1v) is 8.52. The molecule has 1 N–H and O–H groups in total. The van der Waals surface area contributed by atoms with Gasteiger partial charge in [-0.25, -0.2) is 13.2 Å². The molecule has 0 saturated carbocycles. The van der Waals surface area contributed by atoms with Gasteiger partial charge in [-0.1, -0.05) is 26.0 Å². The molecule has 2 aromatic rings. The SMILES string of the molecule is CC(=O)N(CCC(=O)Nc1ccc(C(C)C)cc1)c1ccc(F)c(F)c1F. The fourth-order valence-electron chi connectivity index (χ4n) is 2.56. The lowest BCUT2D eigenvalue weighted by Crippen LogP contribution is -2.33. The van der Waals surface area contributed by atoms with Gasteiger partial charge in [-0.2, -0.15) is 0 Å². The smallest absolute Gasteiger partial charge is 0.226 e. The molecule has 4 nitrogen and oxygen atoms in total. The topological polar surface area (TPSA) is 49.4 Å². The highest BCUT2D eigenvalue weighted by Gasteiger charge is 2.21. The summed E-state index contributed by atoms with van der Waals surface area (Å²) in [5, 5.41) is 2.68. The first-order chi connectivity index (χ1) is 12.7. The molecule has 0 aliphatic carbocycles. The summed E-state index contributed by atoms with van der Waals surface area (Å²) in [5.41, 5.74) is 1.32. The predicted octanol–water partition coefficient (Wildman–Crippen LogP) is 4.61. The number of rotatable bonds is 6. The van der Waals surface area contributed by atoms with E-state index in [2.05, 4.69) is 19.2 Å². The lowest BCUT2D eigenvalue weighted by Gasteiger charge is -2.21. The minimum atomic E-state index is -1.66. The minimum absolute atomic E-state index is 0.135. The van der Waals surface area contributed by atoms with Gasteiger partial charge in [0, 0.05) is 25.6 Å². The molecular formula is C20H21F3N2O2. The van der Waals surface area contributed by atoms with Crippen molar-refractivity contribution in [3.8, 4) is 0 Å². The van der Waals surface area contributed by atoms with Gasteiger partial charge in [0.1, 0.15) is 0 Å². The van der Waals surface area contributed by atoms with E-state index in [0.29, 0.717) is 11.6 Å². The molecule has 0 unspecified atom stereocenters. The highest BCUT2D eigenvalue weighted by Crippen LogP contribution is 2.24. The van der Waals surface area contributed by atoms with Crippen molar-refractivity contribution < 1.29 is 22.8 Å². The Morgan fingerprint density at radius 2 is 1.63 bits per heavy atom. The van der Waals surface area contributed by atoms with Crippen molar-refractivity contribution in [3.63, 3.8) is 0 Å². The Balaban J connectivity index is 2.04. The molecule has 27 heavy (non-hydrogen) atoms. The zero-order chi connectivity index (χ0) is 20.1. The lowest BCUT2D eigenvalue weighted by molar-refractivity contribution is -0.117. The van der Waals surface area contributed by atoms with E-state index in [1.54, 1.807) is 12.1 Å². The third kappa shape index (κ3) is 5.09. The van der Waals surface area contributed by atoms with Crippen LogP contribution < -0.4 is 10.2 Å². The third-order valence-electron chi connectivity index (χ3n) is 4.11. The van der Waals surface area contributed by atoms with Crippen LogP contribution in [0.5, 0.6) is 0 Å².